The van der Waals surface area contributed by atoms with Crippen molar-refractivity contribution in [1.29, 1.82) is 0 Å². The van der Waals surface area contributed by atoms with Crippen molar-refractivity contribution in [1.82, 2.24) is 15.2 Å². The number of nitrogens with zero attached hydrogens (tertiary/aromatic N) is 2. The van der Waals surface area contributed by atoms with Crippen LogP contribution >= 0.6 is 0 Å². The minimum atomic E-state index is -0.200. The molecule has 0 aliphatic carbocycles. The molecule has 0 atom stereocenters. The lowest BCUT2D eigenvalue weighted by molar-refractivity contribution is 0.0724. The molecule has 1 aliphatic rings. The molecule has 1 fully saturated rings. The maximum absolute atomic E-state index is 12.5. The van der Waals surface area contributed by atoms with Crippen molar-refractivity contribution in [3.63, 3.8) is 0 Å². The van der Waals surface area contributed by atoms with E-state index in [4.69, 9.17) is 0 Å². The molecule has 3 rings (SSSR count). The van der Waals surface area contributed by atoms with Crippen molar-refractivity contribution in [3.05, 3.63) is 65.5 Å². The average molecular weight is 323 g/mol. The molecule has 0 bridgehead atoms. The van der Waals surface area contributed by atoms with Gasteiger partial charge in [0.05, 0.1) is 12.2 Å². The topological polar surface area (TPSA) is 62.3 Å². The van der Waals surface area contributed by atoms with Gasteiger partial charge in [0.2, 0.25) is 0 Å². The molecule has 1 N–H and O–H groups in total. The fraction of sp³-hybridized carbons (Fsp3) is 0.316. The van der Waals surface area contributed by atoms with Crippen molar-refractivity contribution in [2.24, 2.45) is 0 Å². The number of pyridine rings is 1. The molecule has 0 unspecified atom stereocenters. The van der Waals surface area contributed by atoms with Crippen molar-refractivity contribution < 1.29 is 9.59 Å². The van der Waals surface area contributed by atoms with Crippen LogP contribution < -0.4 is 5.32 Å². The van der Waals surface area contributed by atoms with Crippen molar-refractivity contribution in [2.45, 2.75) is 25.8 Å². The highest BCUT2D eigenvalue weighted by molar-refractivity contribution is 5.99. The minimum absolute atomic E-state index is 0.00840. The standard InChI is InChI=1S/C19H21N3O2/c23-18(21-14-17-9-2-3-10-20-17)15-7-6-8-16(13-15)19(24)22-11-4-1-5-12-22/h2-3,6-10,13H,1,4-5,11-12,14H2,(H,21,23). The third-order valence-corrected chi connectivity index (χ3v) is 4.17. The zero-order chi connectivity index (χ0) is 16.8. The lowest BCUT2D eigenvalue weighted by Crippen LogP contribution is -2.35. The van der Waals surface area contributed by atoms with Gasteiger partial charge in [0.15, 0.2) is 0 Å². The van der Waals surface area contributed by atoms with Crippen molar-refractivity contribution in [2.75, 3.05) is 13.1 Å². The van der Waals surface area contributed by atoms with Crippen molar-refractivity contribution >= 4 is 11.8 Å². The van der Waals surface area contributed by atoms with Gasteiger partial charge in [-0.3, -0.25) is 14.6 Å². The molecular formula is C19H21N3O2. The van der Waals surface area contributed by atoms with E-state index in [2.05, 4.69) is 10.3 Å². The van der Waals surface area contributed by atoms with Gasteiger partial charge in [-0.15, -0.1) is 0 Å². The Morgan fingerprint density at radius 2 is 1.79 bits per heavy atom. The van der Waals surface area contributed by atoms with Gasteiger partial charge in [0.1, 0.15) is 0 Å². The summed E-state index contributed by atoms with van der Waals surface area (Å²) in [5, 5.41) is 2.83. The number of hydrogen-bond acceptors (Lipinski definition) is 3. The third kappa shape index (κ3) is 3.98. The van der Waals surface area contributed by atoms with Crippen LogP contribution in [0.3, 0.4) is 0 Å². The second kappa shape index (κ2) is 7.73. The van der Waals surface area contributed by atoms with Crippen LogP contribution in [0.4, 0.5) is 0 Å². The molecule has 1 aliphatic heterocycles. The molecule has 2 aromatic rings. The van der Waals surface area contributed by atoms with Gasteiger partial charge in [0, 0.05) is 30.4 Å². The summed E-state index contributed by atoms with van der Waals surface area (Å²) in [5.74, 6) is -0.192. The Morgan fingerprint density at radius 3 is 2.54 bits per heavy atom. The van der Waals surface area contributed by atoms with E-state index in [1.165, 1.54) is 6.42 Å². The molecule has 124 valence electrons. The summed E-state index contributed by atoms with van der Waals surface area (Å²) in [4.78, 5) is 30.9. The second-order valence-corrected chi connectivity index (χ2v) is 5.94. The smallest absolute Gasteiger partial charge is 0.253 e. The Labute approximate surface area is 141 Å². The van der Waals surface area contributed by atoms with Crippen LogP contribution in [-0.2, 0) is 6.54 Å². The number of rotatable bonds is 4. The minimum Gasteiger partial charge on any atom is -0.346 e. The predicted octanol–water partition coefficient (Wildman–Crippen LogP) is 2.64. The summed E-state index contributed by atoms with van der Waals surface area (Å²) in [5.41, 5.74) is 1.86. The molecule has 2 amide bonds. The quantitative estimate of drug-likeness (QED) is 0.941. The van der Waals surface area contributed by atoms with Crippen LogP contribution in [0, 0.1) is 0 Å². The van der Waals surface area contributed by atoms with Crippen LogP contribution in [0.2, 0.25) is 0 Å². The largest absolute Gasteiger partial charge is 0.346 e. The first-order valence-electron chi connectivity index (χ1n) is 8.31. The van der Waals surface area contributed by atoms with E-state index in [9.17, 15) is 9.59 Å². The Morgan fingerprint density at radius 1 is 1.00 bits per heavy atom. The molecule has 24 heavy (non-hydrogen) atoms. The first kappa shape index (κ1) is 16.2. The Hall–Kier alpha value is -2.69. The predicted molar refractivity (Wildman–Crippen MR) is 91.6 cm³/mol. The average Bonchev–Trinajstić information content (AvgIpc) is 2.67. The van der Waals surface area contributed by atoms with E-state index < -0.39 is 0 Å². The van der Waals surface area contributed by atoms with Crippen LogP contribution in [0.5, 0.6) is 0 Å². The summed E-state index contributed by atoms with van der Waals surface area (Å²) < 4.78 is 0. The maximum Gasteiger partial charge on any atom is 0.253 e. The molecule has 1 aromatic heterocycles. The fourth-order valence-corrected chi connectivity index (χ4v) is 2.85. The van der Waals surface area contributed by atoms with Crippen LogP contribution in [-0.4, -0.2) is 34.8 Å². The van der Waals surface area contributed by atoms with E-state index in [-0.39, 0.29) is 11.8 Å². The highest BCUT2D eigenvalue weighted by Crippen LogP contribution is 2.14. The fourth-order valence-electron chi connectivity index (χ4n) is 2.85. The molecule has 2 heterocycles. The monoisotopic (exact) mass is 323 g/mol. The van der Waals surface area contributed by atoms with E-state index in [0.717, 1.165) is 31.6 Å². The van der Waals surface area contributed by atoms with Crippen LogP contribution in [0.25, 0.3) is 0 Å². The van der Waals surface area contributed by atoms with E-state index in [1.54, 1.807) is 30.5 Å². The lowest BCUT2D eigenvalue weighted by atomic mass is 10.1. The highest BCUT2D eigenvalue weighted by Gasteiger charge is 2.19. The molecule has 1 aromatic carbocycles. The SMILES string of the molecule is O=C(NCc1ccccn1)c1cccc(C(=O)N2CCCCC2)c1. The first-order valence-corrected chi connectivity index (χ1v) is 8.31. The first-order chi connectivity index (χ1) is 11.7. The number of nitrogens with one attached hydrogen (secondary N) is 1. The zero-order valence-electron chi connectivity index (χ0n) is 13.6. The summed E-state index contributed by atoms with van der Waals surface area (Å²) in [7, 11) is 0. The summed E-state index contributed by atoms with van der Waals surface area (Å²) >= 11 is 0. The molecule has 1 saturated heterocycles. The van der Waals surface area contributed by atoms with E-state index in [0.29, 0.717) is 17.7 Å². The number of likely N-dealkylation sites (tertiary alicyclic amines) is 1. The van der Waals surface area contributed by atoms with Gasteiger partial charge in [-0.2, -0.15) is 0 Å². The number of aromatic nitrogens is 1. The second-order valence-electron chi connectivity index (χ2n) is 5.94. The lowest BCUT2D eigenvalue weighted by Gasteiger charge is -2.26. The molecule has 5 heteroatoms. The molecular weight excluding hydrogens is 302 g/mol. The molecule has 5 nitrogen and oxygen atoms in total. The van der Waals surface area contributed by atoms with Crippen LogP contribution in [0.1, 0.15) is 45.7 Å². The van der Waals surface area contributed by atoms with Gasteiger partial charge in [-0.1, -0.05) is 12.1 Å². The molecule has 0 spiro atoms. The third-order valence-electron chi connectivity index (χ3n) is 4.17. The molecule has 0 saturated carbocycles. The Bertz CT molecular complexity index is 710. The van der Waals surface area contributed by atoms with E-state index >= 15 is 0 Å². The number of hydrogen-bond donors (Lipinski definition) is 1. The summed E-state index contributed by atoms with van der Waals surface area (Å²) in [6.45, 7) is 1.97. The zero-order valence-corrected chi connectivity index (χ0v) is 13.6. The Kier molecular flexibility index (Phi) is 5.21. The number of piperidine rings is 1. The van der Waals surface area contributed by atoms with Gasteiger partial charge in [-0.05, 0) is 49.6 Å². The number of benzene rings is 1. The number of carbonyl (C=O) groups is 2. The number of amides is 2. The van der Waals surface area contributed by atoms with Crippen molar-refractivity contribution in [3.8, 4) is 0 Å². The maximum atomic E-state index is 12.5. The van der Waals surface area contributed by atoms with Gasteiger partial charge >= 0.3 is 0 Å². The summed E-state index contributed by atoms with van der Waals surface area (Å²) in [6, 6.07) is 12.5. The van der Waals surface area contributed by atoms with Gasteiger partial charge < -0.3 is 10.2 Å². The highest BCUT2D eigenvalue weighted by atomic mass is 16.2. The van der Waals surface area contributed by atoms with Gasteiger partial charge in [-0.25, -0.2) is 0 Å². The Balaban J connectivity index is 1.65. The van der Waals surface area contributed by atoms with Crippen LogP contribution in [0.15, 0.2) is 48.7 Å². The summed E-state index contributed by atoms with van der Waals surface area (Å²) in [6.07, 6.45) is 4.98. The molecule has 0 radical (unpaired) electrons. The normalized spacial score (nSPS) is 14.2. The number of carbonyl (C=O) groups excluding carboxylic acids is 2. The van der Waals surface area contributed by atoms with E-state index in [1.807, 2.05) is 23.1 Å². The van der Waals surface area contributed by atoms with Gasteiger partial charge in [0.25, 0.3) is 11.8 Å².